The van der Waals surface area contributed by atoms with Gasteiger partial charge in [0.1, 0.15) is 5.82 Å². The summed E-state index contributed by atoms with van der Waals surface area (Å²) in [5.74, 6) is 0.0624. The van der Waals surface area contributed by atoms with Crippen molar-refractivity contribution in [1.29, 1.82) is 0 Å². The van der Waals surface area contributed by atoms with Crippen LogP contribution < -0.4 is 5.32 Å². The van der Waals surface area contributed by atoms with Gasteiger partial charge in [-0.2, -0.15) is 4.98 Å². The number of carbonyl (C=O) groups is 1. The lowest BCUT2D eigenvalue weighted by Crippen LogP contribution is -2.32. The highest BCUT2D eigenvalue weighted by Crippen LogP contribution is 2.19. The molecule has 112 valence electrons. The molecule has 0 saturated carbocycles. The highest BCUT2D eigenvalue weighted by atomic mass is 19.1. The van der Waals surface area contributed by atoms with Crippen molar-refractivity contribution in [3.8, 4) is 11.4 Å². The van der Waals surface area contributed by atoms with Crippen LogP contribution >= 0.6 is 0 Å². The van der Waals surface area contributed by atoms with Crippen LogP contribution in [0.25, 0.3) is 11.4 Å². The van der Waals surface area contributed by atoms with Crippen molar-refractivity contribution >= 4 is 5.91 Å². The number of benzene rings is 1. The van der Waals surface area contributed by atoms with Crippen molar-refractivity contribution in [2.24, 2.45) is 0 Å². The number of hydrogen-bond acceptors (Lipinski definition) is 4. The predicted octanol–water partition coefficient (Wildman–Crippen LogP) is 2.72. The smallest absolute Gasteiger partial charge is 0.227 e. The summed E-state index contributed by atoms with van der Waals surface area (Å²) in [6, 6.07) is 6.37. The number of halogens is 1. The second-order valence-corrected chi connectivity index (χ2v) is 4.87. The third kappa shape index (κ3) is 4.11. The molecule has 0 bridgehead atoms. The maximum absolute atomic E-state index is 13.6. The van der Waals surface area contributed by atoms with Crippen LogP contribution in [0.4, 0.5) is 4.39 Å². The summed E-state index contributed by atoms with van der Waals surface area (Å²) >= 11 is 0. The summed E-state index contributed by atoms with van der Waals surface area (Å²) in [4.78, 5) is 15.8. The minimum absolute atomic E-state index is 0.0602. The van der Waals surface area contributed by atoms with Gasteiger partial charge in [0.05, 0.1) is 5.56 Å². The Morgan fingerprint density at radius 3 is 2.90 bits per heavy atom. The van der Waals surface area contributed by atoms with Crippen LogP contribution in [0.15, 0.2) is 28.8 Å². The highest BCUT2D eigenvalue weighted by molar-refractivity contribution is 5.76. The number of hydrogen-bond donors (Lipinski definition) is 1. The predicted molar refractivity (Wildman–Crippen MR) is 75.9 cm³/mol. The van der Waals surface area contributed by atoms with E-state index in [4.69, 9.17) is 4.52 Å². The second-order valence-electron chi connectivity index (χ2n) is 4.87. The van der Waals surface area contributed by atoms with Crippen LogP contribution in [0.3, 0.4) is 0 Å². The summed E-state index contributed by atoms with van der Waals surface area (Å²) in [5, 5.41) is 6.60. The van der Waals surface area contributed by atoms with E-state index in [9.17, 15) is 9.18 Å². The standard InChI is InChI=1S/C15H18FN3O2/c1-3-10(2)17-13(20)8-9-14-18-15(19-21-14)11-6-4-5-7-12(11)16/h4-7,10H,3,8-9H2,1-2H3,(H,17,20). The van der Waals surface area contributed by atoms with Gasteiger partial charge >= 0.3 is 0 Å². The van der Waals surface area contributed by atoms with E-state index in [0.717, 1.165) is 6.42 Å². The fourth-order valence-electron chi connectivity index (χ4n) is 1.78. The molecule has 6 heteroatoms. The van der Waals surface area contributed by atoms with Gasteiger partial charge in [-0.15, -0.1) is 0 Å². The number of aromatic nitrogens is 2. The Bertz CT molecular complexity index is 612. The third-order valence-electron chi connectivity index (χ3n) is 3.17. The van der Waals surface area contributed by atoms with E-state index in [0.29, 0.717) is 12.3 Å². The van der Waals surface area contributed by atoms with Crippen LogP contribution in [0.5, 0.6) is 0 Å². The molecule has 0 saturated heterocycles. The van der Waals surface area contributed by atoms with Gasteiger partial charge in [0.15, 0.2) is 0 Å². The molecule has 1 aromatic carbocycles. The molecule has 1 amide bonds. The molecule has 0 aliphatic carbocycles. The molecular weight excluding hydrogens is 273 g/mol. The normalized spacial score (nSPS) is 12.1. The van der Waals surface area contributed by atoms with Gasteiger partial charge in [0, 0.05) is 18.9 Å². The highest BCUT2D eigenvalue weighted by Gasteiger charge is 2.13. The van der Waals surface area contributed by atoms with Crippen molar-refractivity contribution in [2.45, 2.75) is 39.2 Å². The van der Waals surface area contributed by atoms with Gasteiger partial charge in [-0.25, -0.2) is 4.39 Å². The van der Waals surface area contributed by atoms with Gasteiger partial charge in [-0.1, -0.05) is 24.2 Å². The lowest BCUT2D eigenvalue weighted by atomic mass is 10.2. The van der Waals surface area contributed by atoms with Crippen LogP contribution in [0, 0.1) is 5.82 Å². The molecule has 1 atom stereocenters. The molecule has 1 aromatic heterocycles. The number of nitrogens with zero attached hydrogens (tertiary/aromatic N) is 2. The molecule has 2 rings (SSSR count). The van der Waals surface area contributed by atoms with E-state index in [2.05, 4.69) is 15.5 Å². The van der Waals surface area contributed by atoms with Crippen molar-refractivity contribution in [1.82, 2.24) is 15.5 Å². The largest absolute Gasteiger partial charge is 0.354 e. The van der Waals surface area contributed by atoms with Crippen LogP contribution in [-0.2, 0) is 11.2 Å². The lowest BCUT2D eigenvalue weighted by molar-refractivity contribution is -0.121. The molecule has 21 heavy (non-hydrogen) atoms. The van der Waals surface area contributed by atoms with Crippen molar-refractivity contribution in [2.75, 3.05) is 0 Å². The van der Waals surface area contributed by atoms with E-state index in [1.54, 1.807) is 18.2 Å². The van der Waals surface area contributed by atoms with E-state index >= 15 is 0 Å². The molecular formula is C15H18FN3O2. The van der Waals surface area contributed by atoms with Crippen LogP contribution in [0.2, 0.25) is 0 Å². The topological polar surface area (TPSA) is 68.0 Å². The number of carbonyl (C=O) groups excluding carboxylic acids is 1. The Morgan fingerprint density at radius 2 is 2.19 bits per heavy atom. The average Bonchev–Trinajstić information content (AvgIpc) is 2.94. The zero-order valence-corrected chi connectivity index (χ0v) is 12.1. The Balaban J connectivity index is 1.95. The number of amides is 1. The SMILES string of the molecule is CCC(C)NC(=O)CCc1nc(-c2ccccc2F)no1. The number of aryl methyl sites for hydroxylation is 1. The fourth-order valence-corrected chi connectivity index (χ4v) is 1.78. The minimum atomic E-state index is -0.403. The zero-order valence-electron chi connectivity index (χ0n) is 12.1. The molecule has 0 spiro atoms. The van der Waals surface area contributed by atoms with E-state index in [1.165, 1.54) is 6.07 Å². The van der Waals surface area contributed by atoms with E-state index < -0.39 is 5.82 Å². The van der Waals surface area contributed by atoms with Crippen molar-refractivity contribution in [3.63, 3.8) is 0 Å². The maximum atomic E-state index is 13.6. The van der Waals surface area contributed by atoms with Crippen molar-refractivity contribution in [3.05, 3.63) is 36.0 Å². The lowest BCUT2D eigenvalue weighted by Gasteiger charge is -2.10. The first kappa shape index (κ1) is 15.2. The van der Waals surface area contributed by atoms with E-state index in [-0.39, 0.29) is 29.8 Å². The first-order chi connectivity index (χ1) is 10.1. The molecule has 0 fully saturated rings. The van der Waals surface area contributed by atoms with Crippen LogP contribution in [-0.4, -0.2) is 22.1 Å². The summed E-state index contributed by atoms with van der Waals surface area (Å²) in [6.07, 6.45) is 1.48. The fraction of sp³-hybridized carbons (Fsp3) is 0.400. The monoisotopic (exact) mass is 291 g/mol. The maximum Gasteiger partial charge on any atom is 0.227 e. The average molecular weight is 291 g/mol. The Labute approximate surface area is 122 Å². The number of rotatable bonds is 6. The zero-order chi connectivity index (χ0) is 15.2. The van der Waals surface area contributed by atoms with Gasteiger partial charge in [-0.3, -0.25) is 4.79 Å². The van der Waals surface area contributed by atoms with Gasteiger partial charge in [0.2, 0.25) is 17.6 Å². The molecule has 0 aliphatic rings. The molecule has 1 N–H and O–H groups in total. The second kappa shape index (κ2) is 6.97. The van der Waals surface area contributed by atoms with Crippen LogP contribution in [0.1, 0.15) is 32.6 Å². The summed E-state index contributed by atoms with van der Waals surface area (Å²) in [5.41, 5.74) is 0.288. The molecule has 0 radical (unpaired) electrons. The molecule has 0 aliphatic heterocycles. The summed E-state index contributed by atoms with van der Waals surface area (Å²) < 4.78 is 18.6. The first-order valence-electron chi connectivity index (χ1n) is 6.97. The number of nitrogens with one attached hydrogen (secondary N) is 1. The Hall–Kier alpha value is -2.24. The Kier molecular flexibility index (Phi) is 5.03. The molecule has 1 unspecified atom stereocenters. The van der Waals surface area contributed by atoms with E-state index in [1.807, 2.05) is 13.8 Å². The summed E-state index contributed by atoms with van der Waals surface area (Å²) in [6.45, 7) is 3.95. The van der Waals surface area contributed by atoms with Gasteiger partial charge < -0.3 is 9.84 Å². The quantitative estimate of drug-likeness (QED) is 0.888. The molecule has 1 heterocycles. The summed E-state index contributed by atoms with van der Waals surface area (Å²) in [7, 11) is 0. The van der Waals surface area contributed by atoms with Crippen molar-refractivity contribution < 1.29 is 13.7 Å². The third-order valence-corrected chi connectivity index (χ3v) is 3.17. The van der Waals surface area contributed by atoms with Gasteiger partial charge in [-0.05, 0) is 25.5 Å². The first-order valence-corrected chi connectivity index (χ1v) is 6.97. The molecule has 5 nitrogen and oxygen atoms in total. The Morgan fingerprint density at radius 1 is 1.43 bits per heavy atom. The minimum Gasteiger partial charge on any atom is -0.354 e. The molecule has 2 aromatic rings. The van der Waals surface area contributed by atoms with Gasteiger partial charge in [0.25, 0.3) is 0 Å².